The molecule has 1 atom stereocenters. The summed E-state index contributed by atoms with van der Waals surface area (Å²) in [6.45, 7) is 5.68. The fraction of sp³-hybridized carbons (Fsp3) is 0.500. The van der Waals surface area contributed by atoms with Gasteiger partial charge in [0.2, 0.25) is 0 Å². The largest absolute Gasteiger partial charge is 0.326 e. The van der Waals surface area contributed by atoms with Crippen molar-refractivity contribution in [3.8, 4) is 0 Å². The third-order valence-electron chi connectivity index (χ3n) is 2.33. The topological polar surface area (TPSA) is 26.0 Å². The maximum Gasteiger partial charge on any atom is 0.129 e. The molecular formula is C12H17F2N. The second-order valence-electron chi connectivity index (χ2n) is 4.76. The summed E-state index contributed by atoms with van der Waals surface area (Å²) in [6, 6.07) is 3.68. The Morgan fingerprint density at radius 2 is 1.93 bits per heavy atom. The first kappa shape index (κ1) is 12.1. The minimum Gasteiger partial charge on any atom is -0.326 e. The van der Waals surface area contributed by atoms with E-state index in [-0.39, 0.29) is 11.5 Å². The summed E-state index contributed by atoms with van der Waals surface area (Å²) in [5, 5.41) is 0. The third-order valence-corrected chi connectivity index (χ3v) is 2.33. The molecule has 0 radical (unpaired) electrons. The Labute approximate surface area is 89.3 Å². The maximum absolute atomic E-state index is 13.4. The number of hydrogen-bond acceptors (Lipinski definition) is 1. The molecule has 1 rings (SSSR count). The molecule has 0 saturated heterocycles. The van der Waals surface area contributed by atoms with Crippen molar-refractivity contribution in [2.24, 2.45) is 5.73 Å². The van der Waals surface area contributed by atoms with Crippen LogP contribution in [-0.4, -0.2) is 5.54 Å². The van der Waals surface area contributed by atoms with Gasteiger partial charge in [-0.2, -0.15) is 0 Å². The van der Waals surface area contributed by atoms with E-state index in [2.05, 4.69) is 0 Å². The van der Waals surface area contributed by atoms with Gasteiger partial charge < -0.3 is 5.73 Å². The van der Waals surface area contributed by atoms with Gasteiger partial charge in [0, 0.05) is 11.6 Å². The molecule has 0 amide bonds. The van der Waals surface area contributed by atoms with Crippen LogP contribution >= 0.6 is 0 Å². The molecule has 3 heteroatoms. The molecule has 0 spiro atoms. The highest BCUT2D eigenvalue weighted by atomic mass is 19.1. The molecule has 15 heavy (non-hydrogen) atoms. The summed E-state index contributed by atoms with van der Waals surface area (Å²) in [5.74, 6) is -1.05. The maximum atomic E-state index is 13.4. The lowest BCUT2D eigenvalue weighted by molar-refractivity contribution is 0.428. The summed E-state index contributed by atoms with van der Waals surface area (Å²) in [5.41, 5.74) is 6.03. The molecule has 1 aromatic rings. The number of hydrogen-bond donors (Lipinski definition) is 1. The fourth-order valence-electron chi connectivity index (χ4n) is 1.80. The minimum atomic E-state index is -0.546. The molecule has 0 aliphatic heterocycles. The minimum absolute atomic E-state index is 0.00870. The Morgan fingerprint density at radius 1 is 1.33 bits per heavy atom. The molecule has 0 bridgehead atoms. The Kier molecular flexibility index (Phi) is 3.45. The van der Waals surface area contributed by atoms with E-state index in [0.717, 1.165) is 6.07 Å². The molecule has 0 aliphatic carbocycles. The quantitative estimate of drug-likeness (QED) is 0.819. The zero-order chi connectivity index (χ0) is 11.6. The second kappa shape index (κ2) is 4.27. The van der Waals surface area contributed by atoms with Crippen molar-refractivity contribution < 1.29 is 8.78 Å². The fourth-order valence-corrected chi connectivity index (χ4v) is 1.80. The van der Waals surface area contributed by atoms with Crippen LogP contribution in [0.3, 0.4) is 0 Å². The molecule has 0 heterocycles. The van der Waals surface area contributed by atoms with Gasteiger partial charge >= 0.3 is 0 Å². The lowest BCUT2D eigenvalue weighted by Crippen LogP contribution is -2.33. The average Bonchev–Trinajstić information content (AvgIpc) is 1.99. The van der Waals surface area contributed by atoms with Crippen molar-refractivity contribution in [2.45, 2.75) is 38.6 Å². The molecule has 2 N–H and O–H groups in total. The van der Waals surface area contributed by atoms with Crippen LogP contribution < -0.4 is 5.73 Å². The highest BCUT2D eigenvalue weighted by molar-refractivity contribution is 5.22. The van der Waals surface area contributed by atoms with Gasteiger partial charge in [-0.3, -0.25) is 0 Å². The molecule has 0 aromatic heterocycles. The Morgan fingerprint density at radius 3 is 2.40 bits per heavy atom. The van der Waals surface area contributed by atoms with Crippen molar-refractivity contribution in [2.75, 3.05) is 0 Å². The van der Waals surface area contributed by atoms with Gasteiger partial charge in [0.05, 0.1) is 0 Å². The standard InChI is InChI=1S/C12H17F2N/c1-8(7-12(2,3)15)10-5-4-9(13)6-11(10)14/h4-6,8H,7,15H2,1-3H3. The summed E-state index contributed by atoms with van der Waals surface area (Å²) in [4.78, 5) is 0. The molecule has 0 saturated carbocycles. The first-order chi connectivity index (χ1) is 6.79. The number of benzene rings is 1. The van der Waals surface area contributed by atoms with Gasteiger partial charge in [0.25, 0.3) is 0 Å². The third kappa shape index (κ3) is 3.59. The number of halogens is 2. The van der Waals surface area contributed by atoms with E-state index in [1.807, 2.05) is 20.8 Å². The SMILES string of the molecule is CC(CC(C)(C)N)c1ccc(F)cc1F. The van der Waals surface area contributed by atoms with E-state index in [1.54, 1.807) is 0 Å². The smallest absolute Gasteiger partial charge is 0.129 e. The summed E-state index contributed by atoms with van der Waals surface area (Å²) in [6.07, 6.45) is 0.662. The highest BCUT2D eigenvalue weighted by Crippen LogP contribution is 2.26. The van der Waals surface area contributed by atoms with Crippen molar-refractivity contribution >= 4 is 0 Å². The Bertz CT molecular complexity index is 342. The van der Waals surface area contributed by atoms with Gasteiger partial charge in [-0.25, -0.2) is 8.78 Å². The second-order valence-corrected chi connectivity index (χ2v) is 4.76. The zero-order valence-electron chi connectivity index (χ0n) is 9.35. The van der Waals surface area contributed by atoms with E-state index in [0.29, 0.717) is 12.0 Å². The van der Waals surface area contributed by atoms with E-state index in [4.69, 9.17) is 5.73 Å². The van der Waals surface area contributed by atoms with Crippen molar-refractivity contribution in [1.82, 2.24) is 0 Å². The van der Waals surface area contributed by atoms with Gasteiger partial charge in [-0.15, -0.1) is 0 Å². The highest BCUT2D eigenvalue weighted by Gasteiger charge is 2.19. The first-order valence-electron chi connectivity index (χ1n) is 5.03. The van der Waals surface area contributed by atoms with Gasteiger partial charge in [0.1, 0.15) is 11.6 Å². The van der Waals surface area contributed by atoms with Crippen LogP contribution in [0.5, 0.6) is 0 Å². The van der Waals surface area contributed by atoms with Crippen molar-refractivity contribution in [3.05, 3.63) is 35.4 Å². The zero-order valence-corrected chi connectivity index (χ0v) is 9.35. The number of nitrogens with two attached hydrogens (primary N) is 1. The molecule has 0 fully saturated rings. The normalized spacial score (nSPS) is 14.0. The van der Waals surface area contributed by atoms with Crippen LogP contribution in [0.2, 0.25) is 0 Å². The molecule has 1 nitrogen and oxygen atoms in total. The Hall–Kier alpha value is -0.960. The van der Waals surface area contributed by atoms with Crippen LogP contribution in [0.4, 0.5) is 8.78 Å². The lowest BCUT2D eigenvalue weighted by Gasteiger charge is -2.23. The van der Waals surface area contributed by atoms with Crippen LogP contribution in [0.1, 0.15) is 38.7 Å². The van der Waals surface area contributed by atoms with Gasteiger partial charge in [0.15, 0.2) is 0 Å². The van der Waals surface area contributed by atoms with Crippen LogP contribution in [-0.2, 0) is 0 Å². The predicted octanol–water partition coefficient (Wildman–Crippen LogP) is 3.20. The van der Waals surface area contributed by atoms with Gasteiger partial charge in [-0.05, 0) is 37.8 Å². The monoisotopic (exact) mass is 213 g/mol. The molecule has 1 unspecified atom stereocenters. The van der Waals surface area contributed by atoms with Crippen molar-refractivity contribution in [3.63, 3.8) is 0 Å². The summed E-state index contributed by atoms with van der Waals surface area (Å²) >= 11 is 0. The lowest BCUT2D eigenvalue weighted by atomic mass is 9.87. The molecule has 0 aliphatic rings. The molecule has 84 valence electrons. The predicted molar refractivity (Wildman–Crippen MR) is 57.7 cm³/mol. The van der Waals surface area contributed by atoms with Gasteiger partial charge in [-0.1, -0.05) is 13.0 Å². The van der Waals surface area contributed by atoms with E-state index in [9.17, 15) is 8.78 Å². The van der Waals surface area contributed by atoms with E-state index >= 15 is 0 Å². The molecule has 1 aromatic carbocycles. The van der Waals surface area contributed by atoms with Crippen LogP contribution in [0, 0.1) is 11.6 Å². The van der Waals surface area contributed by atoms with Crippen LogP contribution in [0.15, 0.2) is 18.2 Å². The number of rotatable bonds is 3. The van der Waals surface area contributed by atoms with E-state index < -0.39 is 11.6 Å². The molecular weight excluding hydrogens is 196 g/mol. The first-order valence-corrected chi connectivity index (χ1v) is 5.03. The van der Waals surface area contributed by atoms with Crippen LogP contribution in [0.25, 0.3) is 0 Å². The Balaban J connectivity index is 2.87. The summed E-state index contributed by atoms with van der Waals surface area (Å²) < 4.78 is 26.1. The summed E-state index contributed by atoms with van der Waals surface area (Å²) in [7, 11) is 0. The van der Waals surface area contributed by atoms with E-state index in [1.165, 1.54) is 12.1 Å². The van der Waals surface area contributed by atoms with Crippen molar-refractivity contribution in [1.29, 1.82) is 0 Å². The average molecular weight is 213 g/mol.